The molecular formula is C15H15N3O4S. The van der Waals surface area contributed by atoms with Crippen LogP contribution in [-0.4, -0.2) is 44.0 Å². The normalized spacial score (nSPS) is 18.3. The molecule has 120 valence electrons. The zero-order valence-electron chi connectivity index (χ0n) is 12.4. The van der Waals surface area contributed by atoms with Crippen molar-refractivity contribution < 1.29 is 18.0 Å². The molecule has 2 heterocycles. The Kier molecular flexibility index (Phi) is 3.92. The molecule has 0 saturated carbocycles. The highest BCUT2D eigenvalue weighted by atomic mass is 32.2. The Labute approximate surface area is 134 Å². The third-order valence-electron chi connectivity index (χ3n) is 4.09. The number of hydrogen-bond donors (Lipinski definition) is 0. The molecule has 3 rings (SSSR count). The summed E-state index contributed by atoms with van der Waals surface area (Å²) in [4.78, 5) is 25.3. The summed E-state index contributed by atoms with van der Waals surface area (Å²) in [5.74, 6) is -1.44. The molecule has 1 aromatic carbocycles. The number of ketones is 1. The van der Waals surface area contributed by atoms with Crippen molar-refractivity contribution in [3.8, 4) is 6.07 Å². The number of Topliss-reactive ketones (excluding diaryl/α,β-unsaturated/α-hetero) is 1. The Morgan fingerprint density at radius 1 is 1.17 bits per heavy atom. The number of anilines is 1. The highest BCUT2D eigenvalue weighted by Gasteiger charge is 2.37. The maximum absolute atomic E-state index is 12.5. The van der Waals surface area contributed by atoms with E-state index in [0.29, 0.717) is 18.8 Å². The predicted octanol–water partition coefficient (Wildman–Crippen LogP) is 0.914. The largest absolute Gasteiger partial charge is 0.304 e. The van der Waals surface area contributed by atoms with Gasteiger partial charge in [0.15, 0.2) is 0 Å². The second kappa shape index (κ2) is 5.76. The number of nitriles is 1. The van der Waals surface area contributed by atoms with E-state index in [2.05, 4.69) is 0 Å². The Morgan fingerprint density at radius 2 is 1.87 bits per heavy atom. The number of sulfonamides is 1. The third-order valence-corrected chi connectivity index (χ3v) is 5.99. The van der Waals surface area contributed by atoms with E-state index in [1.54, 1.807) is 0 Å². The molecule has 2 aliphatic rings. The van der Waals surface area contributed by atoms with E-state index in [9.17, 15) is 18.0 Å². The van der Waals surface area contributed by atoms with Gasteiger partial charge in [-0.3, -0.25) is 9.59 Å². The first-order valence-electron chi connectivity index (χ1n) is 7.34. The first kappa shape index (κ1) is 15.6. The van der Waals surface area contributed by atoms with Crippen LogP contribution in [0.3, 0.4) is 0 Å². The van der Waals surface area contributed by atoms with Gasteiger partial charge in [0.05, 0.1) is 28.6 Å². The van der Waals surface area contributed by atoms with Crippen LogP contribution in [0.5, 0.6) is 0 Å². The number of carbonyl (C=O) groups is 2. The summed E-state index contributed by atoms with van der Waals surface area (Å²) in [6.45, 7) is 1.06. The fourth-order valence-electron chi connectivity index (χ4n) is 2.90. The van der Waals surface area contributed by atoms with Gasteiger partial charge in [-0.1, -0.05) is 0 Å². The van der Waals surface area contributed by atoms with Crippen LogP contribution < -0.4 is 4.90 Å². The van der Waals surface area contributed by atoms with E-state index < -0.39 is 21.7 Å². The second-order valence-corrected chi connectivity index (χ2v) is 7.42. The van der Waals surface area contributed by atoms with Gasteiger partial charge in [-0.25, -0.2) is 8.42 Å². The number of carbonyl (C=O) groups excluding carboxylic acids is 2. The Balaban J connectivity index is 1.99. The Morgan fingerprint density at radius 3 is 2.52 bits per heavy atom. The number of benzene rings is 1. The summed E-state index contributed by atoms with van der Waals surface area (Å²) in [5, 5.41) is 8.64. The molecule has 2 aliphatic heterocycles. The zero-order valence-corrected chi connectivity index (χ0v) is 13.2. The van der Waals surface area contributed by atoms with Gasteiger partial charge < -0.3 is 4.90 Å². The molecule has 1 saturated heterocycles. The topological polar surface area (TPSA) is 98.5 Å². The third kappa shape index (κ3) is 2.52. The first-order chi connectivity index (χ1) is 11.0. The van der Waals surface area contributed by atoms with Crippen molar-refractivity contribution in [3.05, 3.63) is 23.8 Å². The van der Waals surface area contributed by atoms with E-state index in [4.69, 9.17) is 5.26 Å². The fraction of sp³-hybridized carbons (Fsp3) is 0.400. The van der Waals surface area contributed by atoms with E-state index in [-0.39, 0.29) is 23.4 Å². The average Bonchev–Trinajstić information content (AvgIpc) is 3.15. The molecule has 1 aromatic rings. The molecule has 0 aliphatic carbocycles. The van der Waals surface area contributed by atoms with Crippen molar-refractivity contribution >= 4 is 27.4 Å². The lowest BCUT2D eigenvalue weighted by Crippen LogP contribution is -2.30. The molecule has 8 heteroatoms. The highest BCUT2D eigenvalue weighted by molar-refractivity contribution is 7.89. The maximum atomic E-state index is 12.5. The molecule has 0 atom stereocenters. The van der Waals surface area contributed by atoms with Gasteiger partial charge in [0.1, 0.15) is 0 Å². The lowest BCUT2D eigenvalue weighted by molar-refractivity contribution is -0.114. The van der Waals surface area contributed by atoms with Crippen molar-refractivity contribution in [1.82, 2.24) is 4.31 Å². The van der Waals surface area contributed by atoms with Crippen LogP contribution >= 0.6 is 0 Å². The highest BCUT2D eigenvalue weighted by Crippen LogP contribution is 2.32. The van der Waals surface area contributed by atoms with Gasteiger partial charge in [-0.15, -0.1) is 0 Å². The summed E-state index contributed by atoms with van der Waals surface area (Å²) in [6.07, 6.45) is 1.75. The van der Waals surface area contributed by atoms with Crippen LogP contribution in [0.1, 0.15) is 29.6 Å². The molecule has 0 unspecified atom stereocenters. The molecule has 7 nitrogen and oxygen atoms in total. The maximum Gasteiger partial charge on any atom is 0.299 e. The van der Waals surface area contributed by atoms with Crippen molar-refractivity contribution in [2.45, 2.75) is 24.2 Å². The van der Waals surface area contributed by atoms with Crippen molar-refractivity contribution in [2.75, 3.05) is 24.5 Å². The Bertz CT molecular complexity index is 820. The number of nitrogens with zero attached hydrogens (tertiary/aromatic N) is 3. The van der Waals surface area contributed by atoms with Crippen LogP contribution in [0.4, 0.5) is 5.69 Å². The van der Waals surface area contributed by atoms with E-state index >= 15 is 0 Å². The summed E-state index contributed by atoms with van der Waals surface area (Å²) >= 11 is 0. The summed E-state index contributed by atoms with van der Waals surface area (Å²) in [7, 11) is -3.64. The van der Waals surface area contributed by atoms with E-state index in [1.807, 2.05) is 6.07 Å². The molecule has 0 radical (unpaired) electrons. The van der Waals surface area contributed by atoms with Crippen LogP contribution in [0.25, 0.3) is 0 Å². The minimum Gasteiger partial charge on any atom is -0.304 e. The van der Waals surface area contributed by atoms with Gasteiger partial charge in [0.25, 0.3) is 11.7 Å². The molecule has 0 bridgehead atoms. The quantitative estimate of drug-likeness (QED) is 0.763. The standard InChI is InChI=1S/C15H15N3O4S/c16-6-3-9-18-13-5-4-11(10-12(13)14(19)15(18)20)23(21,22)17-7-1-2-8-17/h4-5,10H,1-3,7-9H2. The van der Waals surface area contributed by atoms with Gasteiger partial charge >= 0.3 is 0 Å². The van der Waals surface area contributed by atoms with Crippen LogP contribution in [0.2, 0.25) is 0 Å². The molecule has 0 N–H and O–H groups in total. The molecular weight excluding hydrogens is 318 g/mol. The first-order valence-corrected chi connectivity index (χ1v) is 8.78. The van der Waals surface area contributed by atoms with E-state index in [0.717, 1.165) is 12.8 Å². The second-order valence-electron chi connectivity index (χ2n) is 5.48. The van der Waals surface area contributed by atoms with Crippen molar-refractivity contribution in [2.24, 2.45) is 0 Å². The van der Waals surface area contributed by atoms with E-state index in [1.165, 1.54) is 27.4 Å². The van der Waals surface area contributed by atoms with Crippen LogP contribution in [0, 0.1) is 11.3 Å². The lowest BCUT2D eigenvalue weighted by Gasteiger charge is -2.17. The monoisotopic (exact) mass is 333 g/mol. The summed E-state index contributed by atoms with van der Waals surface area (Å²) in [6, 6.07) is 6.08. The molecule has 0 aromatic heterocycles. The molecule has 23 heavy (non-hydrogen) atoms. The van der Waals surface area contributed by atoms with Gasteiger partial charge in [0, 0.05) is 19.6 Å². The van der Waals surface area contributed by atoms with Crippen molar-refractivity contribution in [3.63, 3.8) is 0 Å². The van der Waals surface area contributed by atoms with Crippen LogP contribution in [-0.2, 0) is 14.8 Å². The lowest BCUT2D eigenvalue weighted by atomic mass is 10.1. The number of amides is 1. The molecule has 1 fully saturated rings. The van der Waals surface area contributed by atoms with Crippen LogP contribution in [0.15, 0.2) is 23.1 Å². The number of fused-ring (bicyclic) bond motifs is 1. The van der Waals surface area contributed by atoms with Gasteiger partial charge in [0.2, 0.25) is 10.0 Å². The average molecular weight is 333 g/mol. The SMILES string of the molecule is N#CCCN1C(=O)C(=O)c2cc(S(=O)(=O)N3CCCC3)ccc21. The number of rotatable bonds is 4. The van der Waals surface area contributed by atoms with Crippen molar-refractivity contribution in [1.29, 1.82) is 5.26 Å². The number of hydrogen-bond acceptors (Lipinski definition) is 5. The molecule has 1 amide bonds. The summed E-state index contributed by atoms with van der Waals surface area (Å²) < 4.78 is 26.5. The van der Waals surface area contributed by atoms with Gasteiger partial charge in [-0.05, 0) is 31.0 Å². The molecule has 0 spiro atoms. The van der Waals surface area contributed by atoms with Gasteiger partial charge in [-0.2, -0.15) is 9.57 Å². The Hall–Kier alpha value is -2.24. The zero-order chi connectivity index (χ0) is 16.6. The minimum atomic E-state index is -3.64. The smallest absolute Gasteiger partial charge is 0.299 e. The minimum absolute atomic E-state index is 0.0291. The fourth-order valence-corrected chi connectivity index (χ4v) is 4.45. The predicted molar refractivity (Wildman–Crippen MR) is 81.3 cm³/mol. The summed E-state index contributed by atoms with van der Waals surface area (Å²) in [5.41, 5.74) is 0.462.